The number of nitrogens with zero attached hydrogens (tertiary/aromatic N) is 1. The largest absolute Gasteiger partial charge is 0.386 e. The molecule has 1 rings (SSSR count). The summed E-state index contributed by atoms with van der Waals surface area (Å²) in [5.74, 6) is 0.933. The van der Waals surface area contributed by atoms with E-state index in [1.807, 2.05) is 6.07 Å². The number of aromatic nitrogens is 1. The smallest absolute Gasteiger partial charge is 0.171 e. The minimum absolute atomic E-state index is 0.696. The monoisotopic (exact) mass is 238 g/mol. The summed E-state index contributed by atoms with van der Waals surface area (Å²) in [6, 6.07) is 4.10. The van der Waals surface area contributed by atoms with Crippen LogP contribution >= 0.6 is 0 Å². The predicted octanol–water partition coefficient (Wildman–Crippen LogP) is 4.09. The first-order chi connectivity index (χ1) is 7.35. The van der Waals surface area contributed by atoms with Gasteiger partial charge < -0.3 is 9.97 Å². The standard InChI is InChI=1S/C13H26N2Si/c1-10(2)16(11(3)4,12(5)6)15-9-7-8-13(15)14/h7-12H,14H2,1-6H3. The van der Waals surface area contributed by atoms with Crippen molar-refractivity contribution in [3.63, 3.8) is 0 Å². The molecule has 0 aliphatic rings. The van der Waals surface area contributed by atoms with Crippen LogP contribution in [0.4, 0.5) is 5.82 Å². The predicted molar refractivity (Wildman–Crippen MR) is 75.3 cm³/mol. The molecule has 0 aliphatic carbocycles. The van der Waals surface area contributed by atoms with Gasteiger partial charge in [0.25, 0.3) is 0 Å². The summed E-state index contributed by atoms with van der Waals surface area (Å²) in [5.41, 5.74) is 8.23. The molecular formula is C13H26N2Si. The molecule has 0 spiro atoms. The van der Waals surface area contributed by atoms with Crippen LogP contribution in [-0.2, 0) is 0 Å². The second kappa shape index (κ2) is 4.66. The van der Waals surface area contributed by atoms with Crippen molar-refractivity contribution in [1.82, 2.24) is 4.23 Å². The Morgan fingerprint density at radius 2 is 1.44 bits per heavy atom. The highest BCUT2D eigenvalue weighted by atomic mass is 28.3. The van der Waals surface area contributed by atoms with Crippen LogP contribution in [-0.4, -0.2) is 12.5 Å². The van der Waals surface area contributed by atoms with Crippen molar-refractivity contribution in [2.45, 2.75) is 58.2 Å². The fourth-order valence-electron chi connectivity index (χ4n) is 3.58. The average Bonchev–Trinajstić information content (AvgIpc) is 2.51. The molecule has 16 heavy (non-hydrogen) atoms. The van der Waals surface area contributed by atoms with Gasteiger partial charge in [-0.1, -0.05) is 41.5 Å². The van der Waals surface area contributed by atoms with E-state index in [9.17, 15) is 0 Å². The quantitative estimate of drug-likeness (QED) is 0.787. The fraction of sp³-hybridized carbons (Fsp3) is 0.692. The van der Waals surface area contributed by atoms with Crippen molar-refractivity contribution in [1.29, 1.82) is 0 Å². The third kappa shape index (κ3) is 1.81. The molecule has 0 saturated heterocycles. The second-order valence-electron chi connectivity index (χ2n) is 5.65. The molecular weight excluding hydrogens is 212 g/mol. The van der Waals surface area contributed by atoms with E-state index in [0.717, 1.165) is 5.82 Å². The summed E-state index contributed by atoms with van der Waals surface area (Å²) >= 11 is 0. The average molecular weight is 238 g/mol. The Morgan fingerprint density at radius 3 is 1.69 bits per heavy atom. The van der Waals surface area contributed by atoms with Crippen molar-refractivity contribution in [3.8, 4) is 0 Å². The first-order valence-corrected chi connectivity index (χ1v) is 8.46. The van der Waals surface area contributed by atoms with Crippen LogP contribution in [0.3, 0.4) is 0 Å². The van der Waals surface area contributed by atoms with E-state index in [2.05, 4.69) is 58.0 Å². The third-order valence-electron chi connectivity index (χ3n) is 3.97. The lowest BCUT2D eigenvalue weighted by molar-refractivity contribution is 0.768. The molecule has 0 radical (unpaired) electrons. The fourth-order valence-corrected chi connectivity index (χ4v) is 10.1. The topological polar surface area (TPSA) is 30.9 Å². The van der Waals surface area contributed by atoms with Crippen LogP contribution in [0.25, 0.3) is 0 Å². The van der Waals surface area contributed by atoms with Crippen molar-refractivity contribution in [3.05, 3.63) is 18.3 Å². The Labute approximate surface area is 101 Å². The SMILES string of the molecule is CC(C)[Si](C(C)C)(C(C)C)n1cccc1N. The van der Waals surface area contributed by atoms with Crippen LogP contribution in [0.1, 0.15) is 41.5 Å². The number of hydrogen-bond acceptors (Lipinski definition) is 1. The van der Waals surface area contributed by atoms with E-state index in [-0.39, 0.29) is 0 Å². The summed E-state index contributed by atoms with van der Waals surface area (Å²) < 4.78 is 2.41. The molecule has 0 fully saturated rings. The lowest BCUT2D eigenvalue weighted by Gasteiger charge is -2.44. The third-order valence-corrected chi connectivity index (χ3v) is 10.8. The normalized spacial score (nSPS) is 13.1. The molecule has 1 aromatic rings. The van der Waals surface area contributed by atoms with Crippen molar-refractivity contribution >= 4 is 14.1 Å². The van der Waals surface area contributed by atoms with Crippen LogP contribution in [0, 0.1) is 0 Å². The number of anilines is 1. The van der Waals surface area contributed by atoms with E-state index < -0.39 is 8.24 Å². The molecule has 0 bridgehead atoms. The summed E-state index contributed by atoms with van der Waals surface area (Å²) in [7, 11) is -1.60. The van der Waals surface area contributed by atoms with E-state index >= 15 is 0 Å². The molecule has 0 saturated carbocycles. The van der Waals surface area contributed by atoms with Crippen LogP contribution in [0.2, 0.25) is 16.6 Å². The van der Waals surface area contributed by atoms with Gasteiger partial charge in [0.05, 0.1) is 5.82 Å². The number of rotatable bonds is 4. The van der Waals surface area contributed by atoms with E-state index in [4.69, 9.17) is 5.73 Å². The molecule has 0 aliphatic heterocycles. The molecule has 2 N–H and O–H groups in total. The van der Waals surface area contributed by atoms with E-state index in [0.29, 0.717) is 16.6 Å². The van der Waals surface area contributed by atoms with Gasteiger partial charge in [0.2, 0.25) is 0 Å². The lowest BCUT2D eigenvalue weighted by Crippen LogP contribution is -2.52. The Morgan fingerprint density at radius 1 is 1.00 bits per heavy atom. The lowest BCUT2D eigenvalue weighted by atomic mass is 10.5. The number of hydrogen-bond donors (Lipinski definition) is 1. The highest BCUT2D eigenvalue weighted by molar-refractivity contribution is 6.82. The Bertz CT molecular complexity index is 318. The van der Waals surface area contributed by atoms with Crippen molar-refractivity contribution < 1.29 is 0 Å². The highest BCUT2D eigenvalue weighted by Gasteiger charge is 2.45. The molecule has 0 aromatic carbocycles. The van der Waals surface area contributed by atoms with Gasteiger partial charge in [0.15, 0.2) is 8.24 Å². The highest BCUT2D eigenvalue weighted by Crippen LogP contribution is 2.43. The minimum atomic E-state index is -1.60. The second-order valence-corrected chi connectivity index (χ2v) is 11.4. The van der Waals surface area contributed by atoms with Gasteiger partial charge in [-0.3, -0.25) is 0 Å². The van der Waals surface area contributed by atoms with Gasteiger partial charge in [-0.25, -0.2) is 0 Å². The van der Waals surface area contributed by atoms with Gasteiger partial charge in [-0.05, 0) is 35.0 Å². The summed E-state index contributed by atoms with van der Waals surface area (Å²) in [6.45, 7) is 14.1. The van der Waals surface area contributed by atoms with Crippen LogP contribution in [0.15, 0.2) is 18.3 Å². The molecule has 0 unspecified atom stereocenters. The molecule has 2 nitrogen and oxygen atoms in total. The van der Waals surface area contributed by atoms with E-state index in [1.54, 1.807) is 0 Å². The Balaban J connectivity index is 3.39. The van der Waals surface area contributed by atoms with Gasteiger partial charge in [0.1, 0.15) is 0 Å². The van der Waals surface area contributed by atoms with Crippen molar-refractivity contribution in [2.24, 2.45) is 0 Å². The maximum atomic E-state index is 6.14. The van der Waals surface area contributed by atoms with Gasteiger partial charge in [-0.2, -0.15) is 0 Å². The zero-order valence-electron chi connectivity index (χ0n) is 11.5. The summed E-state index contributed by atoms with van der Waals surface area (Å²) in [4.78, 5) is 0. The zero-order valence-corrected chi connectivity index (χ0v) is 12.5. The van der Waals surface area contributed by atoms with Gasteiger partial charge >= 0.3 is 0 Å². The summed E-state index contributed by atoms with van der Waals surface area (Å²) in [6.07, 6.45) is 2.18. The maximum absolute atomic E-state index is 6.14. The first kappa shape index (κ1) is 13.4. The molecule has 92 valence electrons. The Kier molecular flexibility index (Phi) is 3.89. The number of nitrogen functional groups attached to an aromatic ring is 1. The zero-order chi connectivity index (χ0) is 12.5. The molecule has 3 heteroatoms. The van der Waals surface area contributed by atoms with Crippen LogP contribution in [0.5, 0.6) is 0 Å². The van der Waals surface area contributed by atoms with E-state index in [1.165, 1.54) is 0 Å². The van der Waals surface area contributed by atoms with Crippen LogP contribution < -0.4 is 5.73 Å². The molecule has 1 heterocycles. The summed E-state index contributed by atoms with van der Waals surface area (Å²) in [5, 5.41) is 0. The minimum Gasteiger partial charge on any atom is -0.386 e. The molecule has 0 atom stereocenters. The number of nitrogens with two attached hydrogens (primary N) is 1. The maximum Gasteiger partial charge on any atom is 0.171 e. The van der Waals surface area contributed by atoms with Gasteiger partial charge in [-0.15, -0.1) is 0 Å². The van der Waals surface area contributed by atoms with Gasteiger partial charge in [0, 0.05) is 0 Å². The Hall–Kier alpha value is -0.703. The molecule has 1 aromatic heterocycles. The molecule has 0 amide bonds. The van der Waals surface area contributed by atoms with Crippen molar-refractivity contribution in [2.75, 3.05) is 5.73 Å². The first-order valence-electron chi connectivity index (χ1n) is 6.28.